The molecule has 7 nitrogen and oxygen atoms in total. The zero-order chi connectivity index (χ0) is 21.1. The molecular weight excluding hydrogens is 378 g/mol. The Morgan fingerprint density at radius 2 is 1.70 bits per heavy atom. The Morgan fingerprint density at radius 3 is 2.43 bits per heavy atom. The van der Waals surface area contributed by atoms with Crippen LogP contribution in [0.5, 0.6) is 0 Å². The Labute approximate surface area is 175 Å². The van der Waals surface area contributed by atoms with E-state index in [-0.39, 0.29) is 11.6 Å². The van der Waals surface area contributed by atoms with E-state index in [9.17, 15) is 9.59 Å². The first-order valence-corrected chi connectivity index (χ1v) is 10.5. The number of amides is 2. The van der Waals surface area contributed by atoms with Crippen LogP contribution in [0.2, 0.25) is 0 Å². The third kappa shape index (κ3) is 3.75. The van der Waals surface area contributed by atoms with Crippen molar-refractivity contribution >= 4 is 28.6 Å². The number of urea groups is 1. The molecule has 0 bridgehead atoms. The van der Waals surface area contributed by atoms with Crippen molar-refractivity contribution in [2.24, 2.45) is 0 Å². The van der Waals surface area contributed by atoms with Gasteiger partial charge in [-0.1, -0.05) is 37.3 Å². The van der Waals surface area contributed by atoms with Gasteiger partial charge in [-0.3, -0.25) is 4.79 Å². The molecule has 0 saturated carbocycles. The van der Waals surface area contributed by atoms with Crippen LogP contribution < -0.4 is 15.8 Å². The average molecular weight is 406 g/mol. The number of rotatable bonds is 4. The van der Waals surface area contributed by atoms with Crippen molar-refractivity contribution in [3.63, 3.8) is 0 Å². The number of aromatic nitrogens is 2. The molecule has 2 heterocycles. The van der Waals surface area contributed by atoms with Gasteiger partial charge in [0.15, 0.2) is 5.82 Å². The molecule has 0 atom stereocenters. The molecule has 2 aromatic carbocycles. The molecule has 4 rings (SSSR count). The van der Waals surface area contributed by atoms with E-state index in [2.05, 4.69) is 17.2 Å². The van der Waals surface area contributed by atoms with Crippen LogP contribution in [-0.4, -0.2) is 46.7 Å². The highest BCUT2D eigenvalue weighted by atomic mass is 16.2. The maximum absolute atomic E-state index is 13.0. The number of benzene rings is 2. The number of hydrogen-bond donors (Lipinski definition) is 1. The molecule has 0 spiro atoms. The Kier molecular flexibility index (Phi) is 5.70. The van der Waals surface area contributed by atoms with Crippen LogP contribution in [0.25, 0.3) is 11.0 Å². The minimum absolute atomic E-state index is 0.0778. The van der Waals surface area contributed by atoms with Crippen LogP contribution in [0.4, 0.5) is 16.3 Å². The largest absolute Gasteiger partial charge is 0.348 e. The van der Waals surface area contributed by atoms with Gasteiger partial charge in [-0.2, -0.15) is 0 Å². The highest BCUT2D eigenvalue weighted by molar-refractivity contribution is 5.90. The second-order valence-corrected chi connectivity index (χ2v) is 7.39. The molecule has 0 unspecified atom stereocenters. The fraction of sp³-hybridized carbons (Fsp3) is 0.348. The van der Waals surface area contributed by atoms with Crippen molar-refractivity contribution < 1.29 is 4.79 Å². The van der Waals surface area contributed by atoms with Gasteiger partial charge < -0.3 is 19.7 Å². The molecule has 30 heavy (non-hydrogen) atoms. The van der Waals surface area contributed by atoms with Gasteiger partial charge in [0.25, 0.3) is 5.56 Å². The number of carbonyl (C=O) groups excluding carboxylic acids is 1. The molecule has 1 aliphatic rings. The summed E-state index contributed by atoms with van der Waals surface area (Å²) in [4.78, 5) is 34.2. The predicted octanol–water partition coefficient (Wildman–Crippen LogP) is 3.33. The van der Waals surface area contributed by atoms with Crippen LogP contribution >= 0.6 is 0 Å². The van der Waals surface area contributed by atoms with Gasteiger partial charge in [0.2, 0.25) is 0 Å². The number of carbonyl (C=O) groups is 1. The minimum atomic E-state index is -0.104. The minimum Gasteiger partial charge on any atom is -0.348 e. The number of nitrogens with one attached hydrogen (secondary N) is 1. The third-order valence-electron chi connectivity index (χ3n) is 5.66. The molecule has 1 N–H and O–H groups in total. The smallest absolute Gasteiger partial charge is 0.321 e. The molecule has 0 aliphatic carbocycles. The van der Waals surface area contributed by atoms with Crippen LogP contribution in [0.1, 0.15) is 19.4 Å². The molecule has 0 radical (unpaired) electrons. The molecule has 156 valence electrons. The topological polar surface area (TPSA) is 70.5 Å². The summed E-state index contributed by atoms with van der Waals surface area (Å²) in [5, 5.41) is 3.03. The van der Waals surface area contributed by atoms with Gasteiger partial charge in [-0.25, -0.2) is 9.78 Å². The van der Waals surface area contributed by atoms with Crippen molar-refractivity contribution in [1.82, 2.24) is 14.5 Å². The third-order valence-corrected chi connectivity index (χ3v) is 5.66. The van der Waals surface area contributed by atoms with Crippen molar-refractivity contribution in [3.8, 4) is 0 Å². The van der Waals surface area contributed by atoms with Gasteiger partial charge in [-0.15, -0.1) is 0 Å². The Hall–Kier alpha value is -3.35. The van der Waals surface area contributed by atoms with E-state index in [0.717, 1.165) is 28.7 Å². The Balaban J connectivity index is 1.49. The lowest BCUT2D eigenvalue weighted by Crippen LogP contribution is -2.51. The van der Waals surface area contributed by atoms with Crippen molar-refractivity contribution in [3.05, 3.63) is 64.4 Å². The fourth-order valence-electron chi connectivity index (χ4n) is 3.97. The van der Waals surface area contributed by atoms with Gasteiger partial charge in [0, 0.05) is 38.4 Å². The highest BCUT2D eigenvalue weighted by Crippen LogP contribution is 2.18. The summed E-state index contributed by atoms with van der Waals surface area (Å²) in [7, 11) is 0. The molecule has 1 fully saturated rings. The molecule has 1 aliphatic heterocycles. The quantitative estimate of drug-likeness (QED) is 0.723. The summed E-state index contributed by atoms with van der Waals surface area (Å²) in [6.45, 7) is 6.87. The summed E-state index contributed by atoms with van der Waals surface area (Å²) in [6.07, 6.45) is 0.863. The van der Waals surface area contributed by atoms with Crippen LogP contribution in [0.15, 0.2) is 53.3 Å². The summed E-state index contributed by atoms with van der Waals surface area (Å²) in [5.41, 5.74) is 3.55. The number of aryl methyl sites for hydroxylation is 2. The Morgan fingerprint density at radius 1 is 1.00 bits per heavy atom. The zero-order valence-corrected chi connectivity index (χ0v) is 17.5. The van der Waals surface area contributed by atoms with E-state index in [1.807, 2.05) is 60.4 Å². The Bertz CT molecular complexity index is 1120. The number of nitrogens with zero attached hydrogens (tertiary/aromatic N) is 4. The van der Waals surface area contributed by atoms with Crippen LogP contribution in [0, 0.1) is 0 Å². The lowest BCUT2D eigenvalue weighted by Gasteiger charge is -2.35. The molecular formula is C23H27N5O2. The van der Waals surface area contributed by atoms with Crippen molar-refractivity contribution in [2.75, 3.05) is 36.4 Å². The van der Waals surface area contributed by atoms with E-state index in [1.54, 1.807) is 9.47 Å². The summed E-state index contributed by atoms with van der Waals surface area (Å²) < 4.78 is 1.76. The lowest BCUT2D eigenvalue weighted by molar-refractivity contribution is 0.208. The maximum atomic E-state index is 13.0. The van der Waals surface area contributed by atoms with Gasteiger partial charge in [0.1, 0.15) is 0 Å². The van der Waals surface area contributed by atoms with Crippen LogP contribution in [-0.2, 0) is 13.0 Å². The zero-order valence-electron chi connectivity index (χ0n) is 17.5. The molecule has 7 heteroatoms. The van der Waals surface area contributed by atoms with Gasteiger partial charge in [0.05, 0.1) is 11.0 Å². The molecule has 3 aromatic rings. The monoisotopic (exact) mass is 405 g/mol. The fourth-order valence-corrected chi connectivity index (χ4v) is 3.97. The van der Waals surface area contributed by atoms with E-state index in [1.165, 1.54) is 0 Å². The summed E-state index contributed by atoms with van der Waals surface area (Å²) in [5.74, 6) is 0.465. The normalized spacial score (nSPS) is 14.2. The number of piperazine rings is 1. The first-order valence-electron chi connectivity index (χ1n) is 10.5. The van der Waals surface area contributed by atoms with Gasteiger partial charge in [-0.05, 0) is 37.1 Å². The predicted molar refractivity (Wildman–Crippen MR) is 120 cm³/mol. The van der Waals surface area contributed by atoms with Gasteiger partial charge >= 0.3 is 6.03 Å². The second-order valence-electron chi connectivity index (χ2n) is 7.39. The van der Waals surface area contributed by atoms with E-state index in [4.69, 9.17) is 0 Å². The molecule has 1 aromatic heterocycles. The van der Waals surface area contributed by atoms with Crippen molar-refractivity contribution in [2.45, 2.75) is 26.8 Å². The van der Waals surface area contributed by atoms with E-state index >= 15 is 0 Å². The standard InChI is InChI=1S/C23H27N5O2/c1-3-17-9-5-6-10-18(17)25-23(30)27-15-13-26(14-16-27)21-22(29)28(4-2)20-12-8-7-11-19(20)24-21/h5-12H,3-4,13-16H2,1-2H3,(H,25,30). The average Bonchev–Trinajstić information content (AvgIpc) is 2.79. The first kappa shape index (κ1) is 19.9. The van der Waals surface area contributed by atoms with Crippen molar-refractivity contribution in [1.29, 1.82) is 0 Å². The summed E-state index contributed by atoms with van der Waals surface area (Å²) in [6, 6.07) is 15.5. The summed E-state index contributed by atoms with van der Waals surface area (Å²) >= 11 is 0. The van der Waals surface area contributed by atoms with Crippen LogP contribution in [0.3, 0.4) is 0 Å². The number of hydrogen-bond acceptors (Lipinski definition) is 4. The first-order chi connectivity index (χ1) is 14.6. The number of fused-ring (bicyclic) bond motifs is 1. The lowest BCUT2D eigenvalue weighted by atomic mass is 10.1. The number of anilines is 2. The van der Waals surface area contributed by atoms with E-state index < -0.39 is 0 Å². The van der Waals surface area contributed by atoms with E-state index in [0.29, 0.717) is 38.5 Å². The number of para-hydroxylation sites is 3. The SMILES string of the molecule is CCc1ccccc1NC(=O)N1CCN(c2nc3ccccc3n(CC)c2=O)CC1. The molecule has 1 saturated heterocycles. The highest BCUT2D eigenvalue weighted by Gasteiger charge is 2.25. The molecule has 2 amide bonds. The second kappa shape index (κ2) is 8.57. The maximum Gasteiger partial charge on any atom is 0.321 e.